The molecule has 2 N–H and O–H groups in total. The highest BCUT2D eigenvalue weighted by Gasteiger charge is 2.13. The van der Waals surface area contributed by atoms with Crippen LogP contribution in [0.15, 0.2) is 18.2 Å². The maximum atomic E-state index is 11.6. The van der Waals surface area contributed by atoms with Crippen LogP contribution in [0.25, 0.3) is 0 Å². The Kier molecular flexibility index (Phi) is 5.99. The Hall–Kier alpha value is -2.08. The Labute approximate surface area is 120 Å². The minimum Gasteiger partial charge on any atom is -0.481 e. The van der Waals surface area contributed by atoms with Crippen molar-refractivity contribution < 1.29 is 24.2 Å². The molecule has 1 amide bonds. The summed E-state index contributed by atoms with van der Waals surface area (Å²) in [5, 5.41) is 11.2. The maximum Gasteiger partial charge on any atom is 0.339 e. The summed E-state index contributed by atoms with van der Waals surface area (Å²) in [6, 6.07) is 4.36. The summed E-state index contributed by atoms with van der Waals surface area (Å²) in [6.45, 7) is 1.88. The molecule has 0 aliphatic rings. The first kappa shape index (κ1) is 16.0. The number of carboxylic acids is 1. The van der Waals surface area contributed by atoms with Crippen LogP contribution in [-0.4, -0.2) is 29.6 Å². The topological polar surface area (TPSA) is 92.7 Å². The summed E-state index contributed by atoms with van der Waals surface area (Å²) in [4.78, 5) is 33.5. The van der Waals surface area contributed by atoms with Crippen LogP contribution in [-0.2, 0) is 14.3 Å². The first-order valence-corrected chi connectivity index (χ1v) is 6.30. The second-order valence-electron chi connectivity index (χ2n) is 3.86. The zero-order valence-electron chi connectivity index (χ0n) is 10.8. The number of ether oxygens (including phenoxy) is 1. The molecule has 1 aromatic carbocycles. The molecule has 0 aromatic heterocycles. The third-order valence-electron chi connectivity index (χ3n) is 2.31. The Morgan fingerprint density at radius 1 is 1.30 bits per heavy atom. The predicted octanol–water partition coefficient (Wildman–Crippen LogP) is 2.32. The van der Waals surface area contributed by atoms with E-state index in [0.717, 1.165) is 0 Å². The van der Waals surface area contributed by atoms with E-state index >= 15 is 0 Å². The number of carbonyl (C=O) groups excluding carboxylic acids is 2. The Morgan fingerprint density at radius 3 is 2.60 bits per heavy atom. The van der Waals surface area contributed by atoms with E-state index < -0.39 is 17.8 Å². The molecule has 1 rings (SSSR count). The fraction of sp³-hybridized carbons (Fsp3) is 0.308. The van der Waals surface area contributed by atoms with E-state index in [2.05, 4.69) is 5.32 Å². The Morgan fingerprint density at radius 2 is 2.00 bits per heavy atom. The maximum absolute atomic E-state index is 11.6. The molecule has 108 valence electrons. The lowest BCUT2D eigenvalue weighted by Crippen LogP contribution is -2.14. The molecule has 0 heterocycles. The third-order valence-corrected chi connectivity index (χ3v) is 2.64. The molecule has 0 radical (unpaired) electrons. The van der Waals surface area contributed by atoms with Crippen molar-refractivity contribution in [3.63, 3.8) is 0 Å². The van der Waals surface area contributed by atoms with E-state index in [4.69, 9.17) is 21.4 Å². The molecule has 7 heteroatoms. The molecule has 0 unspecified atom stereocenters. The molecular formula is C13H14ClNO5. The van der Waals surface area contributed by atoms with Gasteiger partial charge in [0.05, 0.1) is 23.6 Å². The van der Waals surface area contributed by atoms with Gasteiger partial charge in [-0.05, 0) is 25.1 Å². The van der Waals surface area contributed by atoms with Crippen molar-refractivity contribution in [3.05, 3.63) is 28.8 Å². The number of anilines is 1. The molecule has 0 aliphatic carbocycles. The number of aliphatic carboxylic acids is 1. The number of carbonyl (C=O) groups is 3. The summed E-state index contributed by atoms with van der Waals surface area (Å²) < 4.78 is 4.83. The van der Waals surface area contributed by atoms with Crippen LogP contribution < -0.4 is 5.32 Å². The summed E-state index contributed by atoms with van der Waals surface area (Å²) in [7, 11) is 0. The largest absolute Gasteiger partial charge is 0.481 e. The van der Waals surface area contributed by atoms with Crippen molar-refractivity contribution in [2.45, 2.75) is 19.8 Å². The predicted molar refractivity (Wildman–Crippen MR) is 72.9 cm³/mol. The van der Waals surface area contributed by atoms with E-state index in [0.29, 0.717) is 5.69 Å². The number of carboxylic acid groups (broad SMARTS) is 1. The van der Waals surface area contributed by atoms with Crippen LogP contribution in [0.4, 0.5) is 5.69 Å². The van der Waals surface area contributed by atoms with Gasteiger partial charge in [0, 0.05) is 12.1 Å². The van der Waals surface area contributed by atoms with Crippen LogP contribution >= 0.6 is 11.6 Å². The molecule has 6 nitrogen and oxygen atoms in total. The van der Waals surface area contributed by atoms with Gasteiger partial charge in [0.1, 0.15) is 0 Å². The quantitative estimate of drug-likeness (QED) is 0.786. The molecule has 0 fully saturated rings. The number of rotatable bonds is 6. The Balaban J connectivity index is 2.77. The van der Waals surface area contributed by atoms with E-state index in [-0.39, 0.29) is 30.0 Å². The number of esters is 1. The van der Waals surface area contributed by atoms with Gasteiger partial charge in [0.15, 0.2) is 0 Å². The number of benzene rings is 1. The van der Waals surface area contributed by atoms with E-state index in [1.165, 1.54) is 18.2 Å². The van der Waals surface area contributed by atoms with Crippen LogP contribution in [0, 0.1) is 0 Å². The average molecular weight is 300 g/mol. The van der Waals surface area contributed by atoms with Gasteiger partial charge in [-0.25, -0.2) is 4.79 Å². The van der Waals surface area contributed by atoms with Crippen molar-refractivity contribution in [1.29, 1.82) is 0 Å². The van der Waals surface area contributed by atoms with E-state index in [1.54, 1.807) is 6.92 Å². The second kappa shape index (κ2) is 7.49. The van der Waals surface area contributed by atoms with Crippen LogP contribution in [0.3, 0.4) is 0 Å². The smallest absolute Gasteiger partial charge is 0.339 e. The molecule has 0 saturated heterocycles. The van der Waals surface area contributed by atoms with Gasteiger partial charge in [-0.15, -0.1) is 0 Å². The van der Waals surface area contributed by atoms with Gasteiger partial charge in [-0.1, -0.05) is 11.6 Å². The molecule has 0 saturated carbocycles. The molecule has 0 spiro atoms. The van der Waals surface area contributed by atoms with Crippen LogP contribution in [0.5, 0.6) is 0 Å². The van der Waals surface area contributed by atoms with Crippen molar-refractivity contribution >= 4 is 35.1 Å². The second-order valence-corrected chi connectivity index (χ2v) is 4.26. The molecule has 0 atom stereocenters. The van der Waals surface area contributed by atoms with Gasteiger partial charge in [-0.3, -0.25) is 9.59 Å². The third kappa shape index (κ3) is 4.89. The van der Waals surface area contributed by atoms with Gasteiger partial charge >= 0.3 is 11.9 Å². The summed E-state index contributed by atoms with van der Waals surface area (Å²) in [5.74, 6) is -2.09. The normalized spacial score (nSPS) is 9.90. The van der Waals surface area contributed by atoms with Crippen LogP contribution in [0.2, 0.25) is 5.02 Å². The number of hydrogen-bond donors (Lipinski definition) is 2. The standard InChI is InChI=1S/C13H14ClNO5/c1-2-20-13(19)9-7-8(3-4-10(9)14)15-11(16)5-6-12(17)18/h3-4,7H,2,5-6H2,1H3,(H,15,16)(H,17,18). The summed E-state index contributed by atoms with van der Waals surface area (Å²) >= 11 is 5.87. The average Bonchev–Trinajstić information content (AvgIpc) is 2.39. The van der Waals surface area contributed by atoms with Gasteiger partial charge < -0.3 is 15.2 Å². The first-order valence-electron chi connectivity index (χ1n) is 5.92. The van der Waals surface area contributed by atoms with Crippen molar-refractivity contribution in [2.24, 2.45) is 0 Å². The highest BCUT2D eigenvalue weighted by molar-refractivity contribution is 6.33. The number of hydrogen-bond acceptors (Lipinski definition) is 4. The van der Waals surface area contributed by atoms with E-state index in [1.807, 2.05) is 0 Å². The molecular weight excluding hydrogens is 286 g/mol. The van der Waals surface area contributed by atoms with Crippen LogP contribution in [0.1, 0.15) is 30.1 Å². The number of halogens is 1. The molecule has 0 bridgehead atoms. The highest BCUT2D eigenvalue weighted by Crippen LogP contribution is 2.21. The zero-order valence-corrected chi connectivity index (χ0v) is 11.6. The van der Waals surface area contributed by atoms with Gasteiger partial charge in [0.25, 0.3) is 0 Å². The van der Waals surface area contributed by atoms with Crippen molar-refractivity contribution in [1.82, 2.24) is 0 Å². The fourth-order valence-corrected chi connectivity index (χ4v) is 1.61. The zero-order chi connectivity index (χ0) is 15.1. The molecule has 20 heavy (non-hydrogen) atoms. The monoisotopic (exact) mass is 299 g/mol. The summed E-state index contributed by atoms with van der Waals surface area (Å²) in [6.07, 6.45) is -0.406. The minimum absolute atomic E-state index is 0.143. The first-order chi connectivity index (χ1) is 9.43. The van der Waals surface area contributed by atoms with Crippen molar-refractivity contribution in [2.75, 3.05) is 11.9 Å². The van der Waals surface area contributed by atoms with Gasteiger partial charge in [-0.2, -0.15) is 0 Å². The fourth-order valence-electron chi connectivity index (χ4n) is 1.41. The summed E-state index contributed by atoms with van der Waals surface area (Å²) in [5.41, 5.74) is 0.498. The molecule has 0 aliphatic heterocycles. The Bertz CT molecular complexity index is 529. The minimum atomic E-state index is -1.05. The highest BCUT2D eigenvalue weighted by atomic mass is 35.5. The number of amides is 1. The lowest BCUT2D eigenvalue weighted by atomic mass is 10.2. The lowest BCUT2D eigenvalue weighted by Gasteiger charge is -2.08. The van der Waals surface area contributed by atoms with Gasteiger partial charge in [0.2, 0.25) is 5.91 Å². The SMILES string of the molecule is CCOC(=O)c1cc(NC(=O)CCC(=O)O)ccc1Cl. The number of nitrogens with one attached hydrogen (secondary N) is 1. The van der Waals surface area contributed by atoms with Crippen molar-refractivity contribution in [3.8, 4) is 0 Å². The lowest BCUT2D eigenvalue weighted by molar-refractivity contribution is -0.138. The molecule has 1 aromatic rings. The van der Waals surface area contributed by atoms with E-state index in [9.17, 15) is 14.4 Å².